The lowest BCUT2D eigenvalue weighted by atomic mass is 10.3. The predicted octanol–water partition coefficient (Wildman–Crippen LogP) is 1.65. The van der Waals surface area contributed by atoms with E-state index >= 15 is 0 Å². The summed E-state index contributed by atoms with van der Waals surface area (Å²) in [7, 11) is 1.67. The Balaban J connectivity index is 3.35. The van der Waals surface area contributed by atoms with Gasteiger partial charge in [0.2, 0.25) is 5.91 Å². The van der Waals surface area contributed by atoms with E-state index < -0.39 is 0 Å². The number of rotatable bonds is 3. The predicted molar refractivity (Wildman–Crippen MR) is 50.9 cm³/mol. The van der Waals surface area contributed by atoms with Crippen LogP contribution in [0.1, 0.15) is 27.2 Å². The van der Waals surface area contributed by atoms with Gasteiger partial charge in [0.15, 0.2) is 0 Å². The molecule has 0 fully saturated rings. The van der Waals surface area contributed by atoms with Gasteiger partial charge in [-0.15, -0.1) is 0 Å². The molecule has 0 unspecified atom stereocenters. The highest BCUT2D eigenvalue weighted by atomic mass is 32.2. The molecule has 0 rings (SSSR count). The summed E-state index contributed by atoms with van der Waals surface area (Å²) in [5.74, 6) is 1.03. The molecule has 1 N–H and O–H groups in total. The molecule has 0 aromatic heterocycles. The summed E-state index contributed by atoms with van der Waals surface area (Å²) in [6.45, 7) is 6.46. The molecule has 0 aliphatic carbocycles. The fourth-order valence-corrected chi connectivity index (χ4v) is 1.47. The Morgan fingerprint density at radius 1 is 1.45 bits per heavy atom. The van der Waals surface area contributed by atoms with Crippen LogP contribution in [0.2, 0.25) is 0 Å². The van der Waals surface area contributed by atoms with Crippen LogP contribution in [0.15, 0.2) is 0 Å². The van der Waals surface area contributed by atoms with E-state index in [1.807, 2.05) is 11.8 Å². The van der Waals surface area contributed by atoms with Crippen molar-refractivity contribution in [2.45, 2.75) is 31.9 Å². The van der Waals surface area contributed by atoms with Crippen molar-refractivity contribution in [3.63, 3.8) is 0 Å². The van der Waals surface area contributed by atoms with Gasteiger partial charge in [-0.2, -0.15) is 11.8 Å². The average molecular weight is 175 g/mol. The number of thioether (sulfide) groups is 1. The number of hydrogen-bond acceptors (Lipinski definition) is 2. The topological polar surface area (TPSA) is 29.1 Å². The SMILES string of the molecule is CNC(=O)CCSC(C)(C)C. The molecule has 0 saturated carbocycles. The first-order valence-corrected chi connectivity index (χ1v) is 4.79. The van der Waals surface area contributed by atoms with Crippen LogP contribution in [-0.2, 0) is 4.79 Å². The lowest BCUT2D eigenvalue weighted by Crippen LogP contribution is -2.19. The van der Waals surface area contributed by atoms with E-state index in [4.69, 9.17) is 0 Å². The molecular formula is C8H17NOS. The summed E-state index contributed by atoms with van der Waals surface area (Å²) in [6, 6.07) is 0. The highest BCUT2D eigenvalue weighted by molar-refractivity contribution is 8.00. The van der Waals surface area contributed by atoms with Crippen LogP contribution in [-0.4, -0.2) is 23.5 Å². The molecule has 0 aliphatic heterocycles. The number of hydrogen-bond donors (Lipinski definition) is 1. The third-order valence-electron chi connectivity index (χ3n) is 1.14. The van der Waals surface area contributed by atoms with Crippen LogP contribution in [0.25, 0.3) is 0 Å². The van der Waals surface area contributed by atoms with E-state index in [-0.39, 0.29) is 10.7 Å². The summed E-state index contributed by atoms with van der Waals surface area (Å²) in [5.41, 5.74) is 0. The van der Waals surface area contributed by atoms with Crippen LogP contribution < -0.4 is 5.32 Å². The van der Waals surface area contributed by atoms with Crippen molar-refractivity contribution in [1.29, 1.82) is 0 Å². The summed E-state index contributed by atoms with van der Waals surface area (Å²) in [4.78, 5) is 10.8. The Kier molecular flexibility index (Phi) is 4.57. The first-order valence-electron chi connectivity index (χ1n) is 3.80. The van der Waals surface area contributed by atoms with E-state index in [0.717, 1.165) is 5.75 Å². The maximum atomic E-state index is 10.8. The molecule has 0 heterocycles. The minimum atomic E-state index is 0.127. The summed E-state index contributed by atoms with van der Waals surface area (Å²) in [6.07, 6.45) is 0.623. The Labute approximate surface area is 73.1 Å². The second kappa shape index (κ2) is 4.65. The first kappa shape index (κ1) is 10.8. The monoisotopic (exact) mass is 175 g/mol. The minimum absolute atomic E-state index is 0.127. The van der Waals surface area contributed by atoms with Crippen LogP contribution >= 0.6 is 11.8 Å². The third kappa shape index (κ3) is 7.72. The van der Waals surface area contributed by atoms with Crippen molar-refractivity contribution in [2.24, 2.45) is 0 Å². The maximum absolute atomic E-state index is 10.8. The highest BCUT2D eigenvalue weighted by Gasteiger charge is 2.10. The van der Waals surface area contributed by atoms with Crippen molar-refractivity contribution in [1.82, 2.24) is 5.32 Å². The molecule has 3 heteroatoms. The first-order chi connectivity index (χ1) is 4.95. The number of amides is 1. The van der Waals surface area contributed by atoms with Gasteiger partial charge in [-0.1, -0.05) is 20.8 Å². The van der Waals surface area contributed by atoms with Gasteiger partial charge in [0.1, 0.15) is 0 Å². The molecule has 2 nitrogen and oxygen atoms in total. The van der Waals surface area contributed by atoms with E-state index in [0.29, 0.717) is 6.42 Å². The van der Waals surface area contributed by atoms with Crippen molar-refractivity contribution in [3.05, 3.63) is 0 Å². The largest absolute Gasteiger partial charge is 0.359 e. The molecule has 0 aromatic rings. The van der Waals surface area contributed by atoms with Gasteiger partial charge in [0, 0.05) is 24.0 Å². The maximum Gasteiger partial charge on any atom is 0.220 e. The molecular weight excluding hydrogens is 158 g/mol. The fourth-order valence-electron chi connectivity index (χ4n) is 0.575. The summed E-state index contributed by atoms with van der Waals surface area (Å²) >= 11 is 1.82. The molecule has 1 amide bonds. The van der Waals surface area contributed by atoms with E-state index in [9.17, 15) is 4.79 Å². The lowest BCUT2D eigenvalue weighted by Gasteiger charge is -2.16. The van der Waals surface area contributed by atoms with E-state index in [1.54, 1.807) is 7.05 Å². The Hall–Kier alpha value is -0.180. The number of nitrogens with one attached hydrogen (secondary N) is 1. The minimum Gasteiger partial charge on any atom is -0.359 e. The summed E-state index contributed by atoms with van der Waals surface area (Å²) in [5, 5.41) is 2.60. The van der Waals surface area contributed by atoms with Crippen LogP contribution in [0, 0.1) is 0 Å². The zero-order valence-corrected chi connectivity index (χ0v) is 8.55. The molecule has 0 aromatic carbocycles. The van der Waals surface area contributed by atoms with Crippen LogP contribution in [0.4, 0.5) is 0 Å². The summed E-state index contributed by atoms with van der Waals surface area (Å²) < 4.78 is 0.272. The number of carbonyl (C=O) groups is 1. The Morgan fingerprint density at radius 3 is 2.36 bits per heavy atom. The molecule has 0 aliphatic rings. The average Bonchev–Trinajstić information content (AvgIpc) is 1.85. The Bertz CT molecular complexity index is 129. The quantitative estimate of drug-likeness (QED) is 0.706. The lowest BCUT2D eigenvalue weighted by molar-refractivity contribution is -0.120. The van der Waals surface area contributed by atoms with E-state index in [2.05, 4.69) is 26.1 Å². The van der Waals surface area contributed by atoms with Crippen molar-refractivity contribution < 1.29 is 4.79 Å². The molecule has 0 bridgehead atoms. The second-order valence-corrected chi connectivity index (χ2v) is 5.31. The molecule has 11 heavy (non-hydrogen) atoms. The van der Waals surface area contributed by atoms with Crippen molar-refractivity contribution in [2.75, 3.05) is 12.8 Å². The van der Waals surface area contributed by atoms with Crippen LogP contribution in [0.3, 0.4) is 0 Å². The highest BCUT2D eigenvalue weighted by Crippen LogP contribution is 2.23. The van der Waals surface area contributed by atoms with E-state index in [1.165, 1.54) is 0 Å². The fraction of sp³-hybridized carbons (Fsp3) is 0.875. The Morgan fingerprint density at radius 2 is 2.00 bits per heavy atom. The van der Waals surface area contributed by atoms with Gasteiger partial charge >= 0.3 is 0 Å². The van der Waals surface area contributed by atoms with Gasteiger partial charge in [-0.25, -0.2) is 0 Å². The molecule has 0 saturated heterocycles. The molecule has 0 spiro atoms. The van der Waals surface area contributed by atoms with Gasteiger partial charge in [-0.3, -0.25) is 4.79 Å². The van der Waals surface area contributed by atoms with Gasteiger partial charge in [-0.05, 0) is 0 Å². The molecule has 0 radical (unpaired) electrons. The zero-order chi connectivity index (χ0) is 8.91. The normalized spacial score (nSPS) is 11.3. The standard InChI is InChI=1S/C8H17NOS/c1-8(2,3)11-6-5-7(10)9-4/h5-6H2,1-4H3,(H,9,10). The number of carbonyl (C=O) groups excluding carboxylic acids is 1. The van der Waals surface area contributed by atoms with Gasteiger partial charge < -0.3 is 5.32 Å². The third-order valence-corrected chi connectivity index (χ3v) is 2.42. The van der Waals surface area contributed by atoms with Crippen molar-refractivity contribution >= 4 is 17.7 Å². The van der Waals surface area contributed by atoms with Crippen molar-refractivity contribution in [3.8, 4) is 0 Å². The molecule has 66 valence electrons. The molecule has 0 atom stereocenters. The zero-order valence-electron chi connectivity index (χ0n) is 7.73. The van der Waals surface area contributed by atoms with Gasteiger partial charge in [0.05, 0.1) is 0 Å². The van der Waals surface area contributed by atoms with Crippen LogP contribution in [0.5, 0.6) is 0 Å². The van der Waals surface area contributed by atoms with Gasteiger partial charge in [0.25, 0.3) is 0 Å². The smallest absolute Gasteiger partial charge is 0.220 e. The second-order valence-electron chi connectivity index (χ2n) is 3.38.